The molecule has 2 rings (SSSR count). The van der Waals surface area contributed by atoms with E-state index in [1.807, 2.05) is 37.3 Å². The Bertz CT molecular complexity index is 710. The number of aromatic amines is 1. The number of H-pyrrole nitrogens is 1. The van der Waals surface area contributed by atoms with E-state index in [1.165, 1.54) is 0 Å². The van der Waals surface area contributed by atoms with Gasteiger partial charge in [-0.1, -0.05) is 43.7 Å². The maximum Gasteiger partial charge on any atom is 0.271 e. The summed E-state index contributed by atoms with van der Waals surface area (Å²) in [7, 11) is 1.54. The SMILES string of the molecule is CCC[C@H](Oc1cc(C(=O)NCC)[nH]c1C(=O)NC)c1ccccc1. The van der Waals surface area contributed by atoms with E-state index in [1.54, 1.807) is 13.1 Å². The highest BCUT2D eigenvalue weighted by molar-refractivity contribution is 5.99. The van der Waals surface area contributed by atoms with Gasteiger partial charge in [-0.3, -0.25) is 9.59 Å². The first-order valence-corrected chi connectivity index (χ1v) is 8.55. The number of hydrogen-bond donors (Lipinski definition) is 3. The zero-order valence-electron chi connectivity index (χ0n) is 14.9. The molecule has 0 radical (unpaired) electrons. The van der Waals surface area contributed by atoms with Crippen LogP contribution in [0.2, 0.25) is 0 Å². The summed E-state index contributed by atoms with van der Waals surface area (Å²) >= 11 is 0. The minimum Gasteiger partial charge on any atom is -0.483 e. The van der Waals surface area contributed by atoms with Crippen LogP contribution in [0.4, 0.5) is 0 Å². The van der Waals surface area contributed by atoms with Crippen molar-refractivity contribution in [3.8, 4) is 5.75 Å². The van der Waals surface area contributed by atoms with E-state index in [0.717, 1.165) is 18.4 Å². The summed E-state index contributed by atoms with van der Waals surface area (Å²) in [5.74, 6) is -0.217. The van der Waals surface area contributed by atoms with Crippen molar-refractivity contribution in [2.75, 3.05) is 13.6 Å². The second-order valence-corrected chi connectivity index (χ2v) is 5.67. The predicted octanol–water partition coefficient (Wildman–Crippen LogP) is 3.04. The molecule has 1 atom stereocenters. The first-order valence-electron chi connectivity index (χ1n) is 8.55. The maximum atomic E-state index is 12.1. The highest BCUT2D eigenvalue weighted by Gasteiger charge is 2.22. The Hall–Kier alpha value is -2.76. The van der Waals surface area contributed by atoms with E-state index >= 15 is 0 Å². The monoisotopic (exact) mass is 343 g/mol. The van der Waals surface area contributed by atoms with E-state index in [-0.39, 0.29) is 23.6 Å². The van der Waals surface area contributed by atoms with Crippen molar-refractivity contribution >= 4 is 11.8 Å². The van der Waals surface area contributed by atoms with Crippen molar-refractivity contribution in [2.24, 2.45) is 0 Å². The van der Waals surface area contributed by atoms with Gasteiger partial charge in [-0.15, -0.1) is 0 Å². The average Bonchev–Trinajstić information content (AvgIpc) is 3.05. The number of ether oxygens (including phenoxy) is 1. The molecule has 6 nitrogen and oxygen atoms in total. The second kappa shape index (κ2) is 8.92. The zero-order chi connectivity index (χ0) is 18.2. The molecule has 0 saturated heterocycles. The van der Waals surface area contributed by atoms with Crippen LogP contribution in [0.5, 0.6) is 5.75 Å². The van der Waals surface area contributed by atoms with Crippen molar-refractivity contribution in [3.05, 3.63) is 53.3 Å². The summed E-state index contributed by atoms with van der Waals surface area (Å²) < 4.78 is 6.13. The molecule has 0 unspecified atom stereocenters. The maximum absolute atomic E-state index is 12.1. The molecule has 0 aliphatic rings. The standard InChI is InChI=1S/C19H25N3O3/c1-4-9-15(13-10-7-6-8-11-13)25-16-12-14(18(23)21-5-2)22-17(16)19(24)20-3/h6-8,10-12,15,22H,4-5,9H2,1-3H3,(H,20,24)(H,21,23)/t15-/m0/s1. The Morgan fingerprint density at radius 1 is 1.16 bits per heavy atom. The van der Waals surface area contributed by atoms with E-state index in [0.29, 0.717) is 18.0 Å². The van der Waals surface area contributed by atoms with Crippen LogP contribution in [0.25, 0.3) is 0 Å². The van der Waals surface area contributed by atoms with Gasteiger partial charge in [-0.25, -0.2) is 0 Å². The van der Waals surface area contributed by atoms with Gasteiger partial charge < -0.3 is 20.4 Å². The van der Waals surface area contributed by atoms with Gasteiger partial charge in [0.15, 0.2) is 5.75 Å². The molecule has 0 aliphatic carbocycles. The molecule has 0 aliphatic heterocycles. The molecule has 0 spiro atoms. The summed E-state index contributed by atoms with van der Waals surface area (Å²) in [6.07, 6.45) is 1.55. The quantitative estimate of drug-likeness (QED) is 0.689. The fourth-order valence-electron chi connectivity index (χ4n) is 2.58. The number of hydrogen-bond acceptors (Lipinski definition) is 3. The van der Waals surface area contributed by atoms with Crippen molar-refractivity contribution in [1.29, 1.82) is 0 Å². The Labute approximate surface area is 148 Å². The van der Waals surface area contributed by atoms with E-state index in [2.05, 4.69) is 22.5 Å². The Morgan fingerprint density at radius 3 is 2.48 bits per heavy atom. The molecular weight excluding hydrogens is 318 g/mol. The minimum absolute atomic E-state index is 0.188. The van der Waals surface area contributed by atoms with Crippen LogP contribution >= 0.6 is 0 Å². The largest absolute Gasteiger partial charge is 0.483 e. The van der Waals surface area contributed by atoms with Gasteiger partial charge in [0.2, 0.25) is 0 Å². The minimum atomic E-state index is -0.325. The molecular formula is C19H25N3O3. The third-order valence-corrected chi connectivity index (χ3v) is 3.81. The highest BCUT2D eigenvalue weighted by Crippen LogP contribution is 2.29. The number of benzene rings is 1. The molecule has 25 heavy (non-hydrogen) atoms. The Kier molecular flexibility index (Phi) is 6.62. The van der Waals surface area contributed by atoms with Crippen molar-refractivity contribution in [2.45, 2.75) is 32.8 Å². The van der Waals surface area contributed by atoms with Gasteiger partial charge in [-0.05, 0) is 18.9 Å². The lowest BCUT2D eigenvalue weighted by molar-refractivity contribution is 0.0950. The summed E-state index contributed by atoms with van der Waals surface area (Å²) in [6, 6.07) is 11.4. The van der Waals surface area contributed by atoms with E-state index in [4.69, 9.17) is 4.74 Å². The molecule has 6 heteroatoms. The second-order valence-electron chi connectivity index (χ2n) is 5.67. The molecule has 134 valence electrons. The van der Waals surface area contributed by atoms with Gasteiger partial charge in [-0.2, -0.15) is 0 Å². The number of carbonyl (C=O) groups excluding carboxylic acids is 2. The number of rotatable bonds is 8. The number of nitrogens with one attached hydrogen (secondary N) is 3. The van der Waals surface area contributed by atoms with Gasteiger partial charge >= 0.3 is 0 Å². The van der Waals surface area contributed by atoms with Gasteiger partial charge in [0.05, 0.1) is 0 Å². The first kappa shape index (κ1) is 18.6. The summed E-state index contributed by atoms with van der Waals surface area (Å²) in [5.41, 5.74) is 1.59. The van der Waals surface area contributed by atoms with Crippen LogP contribution < -0.4 is 15.4 Å². The van der Waals surface area contributed by atoms with E-state index in [9.17, 15) is 9.59 Å². The topological polar surface area (TPSA) is 83.2 Å². The van der Waals surface area contributed by atoms with Crippen LogP contribution in [-0.4, -0.2) is 30.4 Å². The fraction of sp³-hybridized carbons (Fsp3) is 0.368. The average molecular weight is 343 g/mol. The van der Waals surface area contributed by atoms with Crippen LogP contribution in [0.15, 0.2) is 36.4 Å². The normalized spacial score (nSPS) is 11.6. The van der Waals surface area contributed by atoms with Crippen LogP contribution in [0.3, 0.4) is 0 Å². The molecule has 0 saturated carbocycles. The third kappa shape index (κ3) is 4.62. The molecule has 2 amide bonds. The highest BCUT2D eigenvalue weighted by atomic mass is 16.5. The first-order chi connectivity index (χ1) is 12.1. The van der Waals surface area contributed by atoms with Crippen molar-refractivity contribution in [1.82, 2.24) is 15.6 Å². The summed E-state index contributed by atoms with van der Waals surface area (Å²) in [4.78, 5) is 27.1. The van der Waals surface area contributed by atoms with Crippen LogP contribution in [0.1, 0.15) is 59.3 Å². The van der Waals surface area contributed by atoms with Crippen molar-refractivity contribution < 1.29 is 14.3 Å². The van der Waals surface area contributed by atoms with Crippen LogP contribution in [0, 0.1) is 0 Å². The van der Waals surface area contributed by atoms with E-state index < -0.39 is 0 Å². The lowest BCUT2D eigenvalue weighted by Crippen LogP contribution is -2.23. The van der Waals surface area contributed by atoms with Gasteiger partial charge in [0.25, 0.3) is 11.8 Å². The summed E-state index contributed by atoms with van der Waals surface area (Å²) in [6.45, 7) is 4.42. The number of aromatic nitrogens is 1. The van der Waals surface area contributed by atoms with Gasteiger partial charge in [0, 0.05) is 19.7 Å². The zero-order valence-corrected chi connectivity index (χ0v) is 14.9. The van der Waals surface area contributed by atoms with Crippen LogP contribution in [-0.2, 0) is 0 Å². The molecule has 3 N–H and O–H groups in total. The molecule has 1 heterocycles. The van der Waals surface area contributed by atoms with Crippen molar-refractivity contribution in [3.63, 3.8) is 0 Å². The number of amides is 2. The molecule has 2 aromatic rings. The fourth-order valence-corrected chi connectivity index (χ4v) is 2.58. The Morgan fingerprint density at radius 2 is 1.88 bits per heavy atom. The Balaban J connectivity index is 2.34. The molecule has 0 fully saturated rings. The lowest BCUT2D eigenvalue weighted by Gasteiger charge is -2.19. The lowest BCUT2D eigenvalue weighted by atomic mass is 10.1. The molecule has 0 bridgehead atoms. The number of carbonyl (C=O) groups is 2. The molecule has 1 aromatic carbocycles. The third-order valence-electron chi connectivity index (χ3n) is 3.81. The van der Waals surface area contributed by atoms with Gasteiger partial charge in [0.1, 0.15) is 17.5 Å². The summed E-state index contributed by atoms with van der Waals surface area (Å²) in [5, 5.41) is 5.28. The predicted molar refractivity (Wildman–Crippen MR) is 96.9 cm³/mol. The molecule has 1 aromatic heterocycles. The smallest absolute Gasteiger partial charge is 0.271 e.